The fourth-order valence-electron chi connectivity index (χ4n) is 2.46. The largest absolute Gasteiger partial charge is 1.00 e. The summed E-state index contributed by atoms with van der Waals surface area (Å²) in [4.78, 5) is 23.1. The van der Waals surface area contributed by atoms with Gasteiger partial charge in [-0.05, 0) is 0 Å². The van der Waals surface area contributed by atoms with Crippen molar-refractivity contribution in [3.63, 3.8) is 0 Å². The predicted molar refractivity (Wildman–Crippen MR) is 81.0 cm³/mol. The molecule has 3 aromatic heterocycles. The molecule has 24 heavy (non-hydrogen) atoms. The average molecular weight is 354 g/mol. The van der Waals surface area contributed by atoms with E-state index < -0.39 is 0 Å². The summed E-state index contributed by atoms with van der Waals surface area (Å²) in [5, 5.41) is 10.4. The Bertz CT molecular complexity index is 859. The van der Waals surface area contributed by atoms with Crippen molar-refractivity contribution in [1.29, 1.82) is 0 Å². The van der Waals surface area contributed by atoms with Crippen molar-refractivity contribution in [2.24, 2.45) is 0 Å². The van der Waals surface area contributed by atoms with E-state index in [9.17, 15) is 4.79 Å². The van der Waals surface area contributed by atoms with E-state index in [1.807, 2.05) is 0 Å². The van der Waals surface area contributed by atoms with Crippen molar-refractivity contribution in [3.05, 3.63) is 41.3 Å². The first-order chi connectivity index (χ1) is 11.3. The Morgan fingerprint density at radius 3 is 2.75 bits per heavy atom. The Hall–Kier alpha value is -1.37. The van der Waals surface area contributed by atoms with Gasteiger partial charge < -0.3 is 11.1 Å². The van der Waals surface area contributed by atoms with E-state index in [1.165, 1.54) is 21.9 Å². The Morgan fingerprint density at radius 1 is 1.21 bits per heavy atom. The summed E-state index contributed by atoms with van der Waals surface area (Å²) in [6, 6.07) is 1.77. The zero-order valence-corrected chi connectivity index (χ0v) is 16.3. The minimum Gasteiger partial charge on any atom is -1.00 e. The number of aromatic amines is 1. The average Bonchev–Trinajstić information content (AvgIpc) is 3.25. The second-order valence-electron chi connectivity index (χ2n) is 4.98. The van der Waals surface area contributed by atoms with Crippen molar-refractivity contribution >= 4 is 5.82 Å². The molecule has 4 rings (SSSR count). The molecule has 0 atom stereocenters. The van der Waals surface area contributed by atoms with Crippen LogP contribution in [-0.4, -0.2) is 61.0 Å². The van der Waals surface area contributed by atoms with Crippen LogP contribution >= 0.6 is 0 Å². The first kappa shape index (κ1) is 17.4. The van der Waals surface area contributed by atoms with Crippen molar-refractivity contribution in [2.75, 3.05) is 31.2 Å². The Morgan fingerprint density at radius 2 is 2.00 bits per heavy atom. The molecule has 0 bridgehead atoms. The van der Waals surface area contributed by atoms with Crippen LogP contribution in [0.25, 0.3) is 11.5 Å². The summed E-state index contributed by atoms with van der Waals surface area (Å²) in [7, 11) is 0. The second kappa shape index (κ2) is 7.67. The van der Waals surface area contributed by atoms with Crippen LogP contribution in [0.15, 0.2) is 35.8 Å². The molecule has 0 radical (unpaired) electrons. The number of nitrogens with one attached hydrogen (secondary N) is 1. The zero-order valence-electron chi connectivity index (χ0n) is 14.2. The molecule has 0 aliphatic carbocycles. The molecule has 11 heteroatoms. The number of ether oxygens (including phenoxy) is 1. The number of nitrogens with zero attached hydrogens (tertiary/aromatic N) is 7. The molecule has 0 spiro atoms. The number of hydrogen-bond donors (Lipinski definition) is 1. The Balaban J connectivity index is 0.00000113. The number of rotatable bonds is 3. The van der Waals surface area contributed by atoms with Crippen LogP contribution in [-0.2, 0) is 4.74 Å². The molecule has 0 aromatic carbocycles. The van der Waals surface area contributed by atoms with Crippen molar-refractivity contribution in [2.45, 2.75) is 0 Å². The van der Waals surface area contributed by atoms with E-state index in [-0.39, 0.29) is 58.4 Å². The summed E-state index contributed by atoms with van der Waals surface area (Å²) < 4.78 is 8.09. The first-order valence-electron chi connectivity index (χ1n) is 7.15. The van der Waals surface area contributed by atoms with Gasteiger partial charge in [0.05, 0.1) is 31.8 Å². The Labute approximate surface area is 180 Å². The van der Waals surface area contributed by atoms with Crippen LogP contribution in [0.3, 0.4) is 0 Å². The number of H-pyrrole nitrogens is 1. The SMILES string of the molecule is O=c1c(-n2ccnn2)c[nH]n1-c1cc(N2CCOCC2)ncn1.[H-].[K+]. The molecule has 0 amide bonds. The van der Waals surface area contributed by atoms with Crippen molar-refractivity contribution in [3.8, 4) is 11.5 Å². The van der Waals surface area contributed by atoms with Gasteiger partial charge in [0.25, 0.3) is 5.56 Å². The number of anilines is 1. The summed E-state index contributed by atoms with van der Waals surface area (Å²) in [6.07, 6.45) is 6.13. The fraction of sp³-hybridized carbons (Fsp3) is 0.308. The van der Waals surface area contributed by atoms with Crippen molar-refractivity contribution in [1.82, 2.24) is 34.7 Å². The van der Waals surface area contributed by atoms with Crippen molar-refractivity contribution < 1.29 is 57.5 Å². The molecular weight excluding hydrogens is 339 g/mol. The van der Waals surface area contributed by atoms with E-state index in [1.54, 1.807) is 18.5 Å². The van der Waals surface area contributed by atoms with Gasteiger partial charge in [0.2, 0.25) is 0 Å². The third-order valence-corrected chi connectivity index (χ3v) is 3.62. The predicted octanol–water partition coefficient (Wildman–Crippen LogP) is -3.51. The summed E-state index contributed by atoms with van der Waals surface area (Å²) >= 11 is 0. The quantitative estimate of drug-likeness (QED) is 0.486. The van der Waals surface area contributed by atoms with E-state index in [0.717, 1.165) is 18.9 Å². The summed E-state index contributed by atoms with van der Waals surface area (Å²) in [6.45, 7) is 2.86. The summed E-state index contributed by atoms with van der Waals surface area (Å²) in [5.41, 5.74) is 0.108. The van der Waals surface area contributed by atoms with Crippen LogP contribution in [0.1, 0.15) is 1.43 Å². The van der Waals surface area contributed by atoms with E-state index in [2.05, 4.69) is 30.3 Å². The van der Waals surface area contributed by atoms with Gasteiger partial charge in [-0.3, -0.25) is 9.89 Å². The van der Waals surface area contributed by atoms with Gasteiger partial charge in [-0.25, -0.2) is 14.6 Å². The van der Waals surface area contributed by atoms with E-state index >= 15 is 0 Å². The molecule has 1 aliphatic rings. The first-order valence-corrected chi connectivity index (χ1v) is 7.15. The fourth-order valence-corrected chi connectivity index (χ4v) is 2.46. The van der Waals surface area contributed by atoms with Crippen LogP contribution in [0, 0.1) is 0 Å². The molecule has 4 heterocycles. The van der Waals surface area contributed by atoms with Crippen LogP contribution < -0.4 is 61.8 Å². The van der Waals surface area contributed by atoms with Gasteiger partial charge >= 0.3 is 51.4 Å². The maximum absolute atomic E-state index is 12.5. The topological polar surface area (TPSA) is 107 Å². The minimum atomic E-state index is -0.262. The van der Waals surface area contributed by atoms with Gasteiger partial charge in [0, 0.05) is 19.2 Å². The molecule has 3 aromatic rings. The number of morpholine rings is 1. The van der Waals surface area contributed by atoms with Crippen LogP contribution in [0.4, 0.5) is 5.82 Å². The van der Waals surface area contributed by atoms with Gasteiger partial charge in [-0.2, -0.15) is 4.68 Å². The Kier molecular flexibility index (Phi) is 5.58. The number of hydrogen-bond acceptors (Lipinski definition) is 7. The maximum Gasteiger partial charge on any atom is 1.00 e. The molecule has 1 aliphatic heterocycles. The summed E-state index contributed by atoms with van der Waals surface area (Å²) in [5.74, 6) is 1.24. The van der Waals surface area contributed by atoms with Crippen LogP contribution in [0.2, 0.25) is 0 Å². The second-order valence-corrected chi connectivity index (χ2v) is 4.98. The van der Waals surface area contributed by atoms with Gasteiger partial charge in [0.1, 0.15) is 12.1 Å². The third kappa shape index (κ3) is 3.36. The maximum atomic E-state index is 12.5. The molecule has 1 saturated heterocycles. The monoisotopic (exact) mass is 354 g/mol. The van der Waals surface area contributed by atoms with E-state index in [4.69, 9.17) is 4.74 Å². The zero-order chi connectivity index (χ0) is 15.6. The van der Waals surface area contributed by atoms with Gasteiger partial charge in [-0.15, -0.1) is 5.10 Å². The van der Waals surface area contributed by atoms with Gasteiger partial charge in [-0.1, -0.05) is 5.21 Å². The minimum absolute atomic E-state index is 0. The van der Waals surface area contributed by atoms with Crippen LogP contribution in [0.5, 0.6) is 0 Å². The molecule has 10 nitrogen and oxygen atoms in total. The van der Waals surface area contributed by atoms with E-state index in [0.29, 0.717) is 24.7 Å². The molecule has 1 N–H and O–H groups in total. The van der Waals surface area contributed by atoms with Gasteiger partial charge in [0.15, 0.2) is 11.5 Å². The molecule has 1 fully saturated rings. The smallest absolute Gasteiger partial charge is 1.00 e. The third-order valence-electron chi connectivity index (χ3n) is 3.62. The number of aromatic nitrogens is 7. The molecular formula is C13H15KN8O2. The molecule has 0 unspecified atom stereocenters. The normalized spacial score (nSPS) is 14.4. The standard InChI is InChI=1S/C13H14N8O2.K.H/c22-13-10(20-2-1-16-18-20)8-17-21(13)12-7-11(14-9-15-12)19-3-5-23-6-4-19;;/h1-2,7-9,17H,3-6H2;;/q;+1;-1. The molecule has 120 valence electrons. The molecule has 0 saturated carbocycles.